The van der Waals surface area contributed by atoms with Crippen molar-refractivity contribution in [2.45, 2.75) is 77.4 Å². The highest BCUT2D eigenvalue weighted by Gasteiger charge is 2.68. The van der Waals surface area contributed by atoms with E-state index in [1.165, 1.54) is 4.68 Å². The van der Waals surface area contributed by atoms with E-state index in [4.69, 9.17) is 14.2 Å². The molecular weight excluding hydrogens is 600 g/mol. The van der Waals surface area contributed by atoms with Crippen LogP contribution in [0.2, 0.25) is 0 Å². The molecule has 4 aromatic rings. The molecule has 1 aromatic heterocycles. The predicted octanol–water partition coefficient (Wildman–Crippen LogP) is 7.15. The molecule has 7 rings (SSSR count). The molecule has 0 saturated heterocycles. The van der Waals surface area contributed by atoms with Crippen molar-refractivity contribution in [1.82, 2.24) is 9.78 Å². The summed E-state index contributed by atoms with van der Waals surface area (Å²) in [5, 5.41) is 8.49. The summed E-state index contributed by atoms with van der Waals surface area (Å²) in [7, 11) is 0. The standard InChI is InChI=1S/C36H36N4O7/c1-19-11-14-26-23(15-19)36(31(42)39(26)32(43)46-34(2,3)4)17-24(36)20-12-13-21-27(16-20)40(33(44)47-35(5,6)7)38-30(21)37-25-10-8-9-22-28(41)18-45-29(22)25/h8-16,24H,17-18H2,1-7H3,(H,37,38)/t24-,36-/m0/s1. The molecule has 3 heterocycles. The van der Waals surface area contributed by atoms with Gasteiger partial charge in [0, 0.05) is 11.3 Å². The van der Waals surface area contributed by atoms with Crippen molar-refractivity contribution in [1.29, 1.82) is 0 Å². The number of aryl methyl sites for hydroxylation is 1. The number of hydrogen-bond donors (Lipinski definition) is 1. The fraction of sp³-hybridized carbons (Fsp3) is 0.361. The van der Waals surface area contributed by atoms with Gasteiger partial charge >= 0.3 is 12.2 Å². The predicted molar refractivity (Wildman–Crippen MR) is 175 cm³/mol. The summed E-state index contributed by atoms with van der Waals surface area (Å²) in [6.07, 6.45) is -0.889. The SMILES string of the molecule is Cc1ccc2c(c1)[C@]1(C[C@H]1c1ccc3c(Nc4cccc5c4OCC5=O)nn(C(=O)OC(C)(C)C)c3c1)C(=O)N2C(=O)OC(C)(C)C. The van der Waals surface area contributed by atoms with Crippen LogP contribution in [0.5, 0.6) is 5.75 Å². The molecule has 1 spiro atoms. The Balaban J connectivity index is 1.30. The summed E-state index contributed by atoms with van der Waals surface area (Å²) < 4.78 is 18.2. The van der Waals surface area contributed by atoms with Crippen LogP contribution in [0.1, 0.15) is 80.9 Å². The Kier molecular flexibility index (Phi) is 6.58. The second kappa shape index (κ2) is 10.2. The molecule has 2 aliphatic heterocycles. The Hall–Kier alpha value is -5.19. The summed E-state index contributed by atoms with van der Waals surface area (Å²) in [4.78, 5) is 54.4. The number of carbonyl (C=O) groups is 4. The van der Waals surface area contributed by atoms with Crippen LogP contribution in [0.25, 0.3) is 10.9 Å². The van der Waals surface area contributed by atoms with Gasteiger partial charge in [0.25, 0.3) is 0 Å². The highest BCUT2D eigenvalue weighted by atomic mass is 16.6. The maximum atomic E-state index is 14.2. The van der Waals surface area contributed by atoms with Crippen LogP contribution >= 0.6 is 0 Å². The molecule has 11 nitrogen and oxygen atoms in total. The summed E-state index contributed by atoms with van der Waals surface area (Å²) >= 11 is 0. The molecule has 1 N–H and O–H groups in total. The number of ketones is 1. The lowest BCUT2D eigenvalue weighted by Gasteiger charge is -2.24. The maximum Gasteiger partial charge on any atom is 0.435 e. The number of Topliss-reactive ketones (excluding diaryl/α,β-unsaturated/α-hetero) is 1. The van der Waals surface area contributed by atoms with Crippen molar-refractivity contribution in [3.63, 3.8) is 0 Å². The van der Waals surface area contributed by atoms with Gasteiger partial charge in [0.05, 0.1) is 27.9 Å². The summed E-state index contributed by atoms with van der Waals surface area (Å²) in [5.74, 6) is 0.0975. The van der Waals surface area contributed by atoms with Crippen molar-refractivity contribution >= 4 is 52.0 Å². The van der Waals surface area contributed by atoms with Gasteiger partial charge in [-0.1, -0.05) is 29.8 Å². The van der Waals surface area contributed by atoms with Gasteiger partial charge in [-0.3, -0.25) is 9.59 Å². The molecule has 3 aliphatic rings. The Morgan fingerprint density at radius 1 is 0.957 bits per heavy atom. The minimum atomic E-state index is -0.946. The number of nitrogens with one attached hydrogen (secondary N) is 1. The van der Waals surface area contributed by atoms with Crippen molar-refractivity contribution in [3.8, 4) is 5.75 Å². The van der Waals surface area contributed by atoms with Crippen LogP contribution in [0.15, 0.2) is 54.6 Å². The normalized spacial score (nSPS) is 19.9. The van der Waals surface area contributed by atoms with E-state index in [0.717, 1.165) is 21.6 Å². The van der Waals surface area contributed by atoms with Crippen LogP contribution in [0.4, 0.5) is 26.8 Å². The van der Waals surface area contributed by atoms with E-state index in [1.54, 1.807) is 65.8 Å². The van der Waals surface area contributed by atoms with Crippen molar-refractivity contribution < 1.29 is 33.4 Å². The number of imide groups is 1. The molecule has 1 saturated carbocycles. The van der Waals surface area contributed by atoms with E-state index in [9.17, 15) is 19.2 Å². The first-order valence-corrected chi connectivity index (χ1v) is 15.6. The average Bonchev–Trinajstić information content (AvgIpc) is 3.36. The number of nitrogens with zero attached hydrogens (tertiary/aromatic N) is 3. The minimum Gasteiger partial charge on any atom is -0.482 e. The number of amides is 2. The van der Waals surface area contributed by atoms with Crippen LogP contribution in [0.3, 0.4) is 0 Å². The van der Waals surface area contributed by atoms with E-state index in [0.29, 0.717) is 45.8 Å². The number of aromatic nitrogens is 2. The maximum absolute atomic E-state index is 14.2. The van der Waals surface area contributed by atoms with Crippen molar-refractivity contribution in [3.05, 3.63) is 76.9 Å². The molecule has 0 unspecified atom stereocenters. The lowest BCUT2D eigenvalue weighted by Crippen LogP contribution is -2.41. The van der Waals surface area contributed by atoms with E-state index < -0.39 is 28.8 Å². The first kappa shape index (κ1) is 30.5. The Bertz CT molecular complexity index is 2030. The van der Waals surface area contributed by atoms with Crippen LogP contribution < -0.4 is 15.0 Å². The molecule has 2 atom stereocenters. The number of benzene rings is 3. The number of carbonyl (C=O) groups excluding carboxylic acids is 4. The molecule has 2 amide bonds. The van der Waals surface area contributed by atoms with Gasteiger partial charge in [0.2, 0.25) is 11.7 Å². The molecule has 11 heteroatoms. The average molecular weight is 637 g/mol. The fourth-order valence-corrected chi connectivity index (χ4v) is 6.55. The van der Waals surface area contributed by atoms with Gasteiger partial charge in [-0.05, 0) is 96.3 Å². The zero-order valence-corrected chi connectivity index (χ0v) is 27.4. The molecular formula is C36H36N4O7. The molecule has 3 aromatic carbocycles. The number of hydrogen-bond acceptors (Lipinski definition) is 9. The highest BCUT2D eigenvalue weighted by Crippen LogP contribution is 2.66. The fourth-order valence-electron chi connectivity index (χ4n) is 6.55. The monoisotopic (exact) mass is 636 g/mol. The van der Waals surface area contributed by atoms with E-state index in [1.807, 2.05) is 37.3 Å². The second-order valence-electron chi connectivity index (χ2n) is 14.4. The number of para-hydroxylation sites is 1. The van der Waals surface area contributed by atoms with Gasteiger partial charge in [0.1, 0.15) is 11.2 Å². The molecule has 0 radical (unpaired) electrons. The third kappa shape index (κ3) is 5.01. The first-order valence-electron chi connectivity index (χ1n) is 15.6. The summed E-state index contributed by atoms with van der Waals surface area (Å²) in [5.41, 5.74) is 2.09. The number of fused-ring (bicyclic) bond motifs is 4. The third-order valence-corrected chi connectivity index (χ3v) is 8.59. The summed E-state index contributed by atoms with van der Waals surface area (Å²) in [6, 6.07) is 16.5. The van der Waals surface area contributed by atoms with E-state index in [-0.39, 0.29) is 24.2 Å². The Morgan fingerprint density at radius 2 is 1.68 bits per heavy atom. The molecule has 1 aliphatic carbocycles. The van der Waals surface area contributed by atoms with Crippen molar-refractivity contribution in [2.75, 3.05) is 16.8 Å². The van der Waals surface area contributed by atoms with Crippen molar-refractivity contribution in [2.24, 2.45) is 0 Å². The van der Waals surface area contributed by atoms with Gasteiger partial charge in [-0.2, -0.15) is 4.68 Å². The molecule has 0 bridgehead atoms. The van der Waals surface area contributed by atoms with Crippen LogP contribution in [0, 0.1) is 6.92 Å². The second-order valence-corrected chi connectivity index (χ2v) is 14.4. The summed E-state index contributed by atoms with van der Waals surface area (Å²) in [6.45, 7) is 12.5. The molecule has 242 valence electrons. The highest BCUT2D eigenvalue weighted by molar-refractivity contribution is 6.23. The quantitative estimate of drug-likeness (QED) is 0.249. The van der Waals surface area contributed by atoms with Crippen LogP contribution in [-0.4, -0.2) is 51.5 Å². The van der Waals surface area contributed by atoms with Gasteiger partial charge in [-0.25, -0.2) is 14.5 Å². The van der Waals surface area contributed by atoms with Gasteiger partial charge in [0.15, 0.2) is 18.2 Å². The zero-order chi connectivity index (χ0) is 33.6. The van der Waals surface area contributed by atoms with E-state index in [2.05, 4.69) is 10.4 Å². The topological polar surface area (TPSA) is 129 Å². The van der Waals surface area contributed by atoms with Crippen LogP contribution in [-0.2, 0) is 19.7 Å². The minimum absolute atomic E-state index is 0.0413. The smallest absolute Gasteiger partial charge is 0.435 e. The lowest BCUT2D eigenvalue weighted by atomic mass is 9.91. The zero-order valence-electron chi connectivity index (χ0n) is 27.4. The number of anilines is 3. The number of rotatable bonds is 3. The third-order valence-electron chi connectivity index (χ3n) is 8.59. The molecule has 47 heavy (non-hydrogen) atoms. The van der Waals surface area contributed by atoms with Gasteiger partial charge < -0.3 is 19.5 Å². The first-order chi connectivity index (χ1) is 22.1. The van der Waals surface area contributed by atoms with Gasteiger partial charge in [-0.15, -0.1) is 5.10 Å². The largest absolute Gasteiger partial charge is 0.482 e. The van der Waals surface area contributed by atoms with E-state index >= 15 is 0 Å². The lowest BCUT2D eigenvalue weighted by molar-refractivity contribution is -0.120. The Morgan fingerprint density at radius 3 is 2.40 bits per heavy atom. The number of ether oxygens (including phenoxy) is 3. The molecule has 1 fully saturated rings. The Labute approximate surface area is 271 Å².